The van der Waals surface area contributed by atoms with E-state index in [1.807, 2.05) is 40.7 Å². The number of nitrogens with two attached hydrogens (primary N) is 1. The molecule has 0 atom stereocenters. The molecule has 4 rings (SSSR count). The van der Waals surface area contributed by atoms with Crippen LogP contribution in [0.4, 0.5) is 10.8 Å². The smallest absolute Gasteiger partial charge is 0.227 e. The topological polar surface area (TPSA) is 78.1 Å². The molecule has 0 unspecified atom stereocenters. The highest BCUT2D eigenvalue weighted by Crippen LogP contribution is 2.22. The van der Waals surface area contributed by atoms with Crippen molar-refractivity contribution in [2.75, 3.05) is 42.5 Å². The van der Waals surface area contributed by atoms with E-state index in [1.54, 1.807) is 11.3 Å². The standard InChI is InChI=1S/C19H24N6OS.HI/c20-18(23-9-11-24(12-10-23)19-21-7-13-27-19)22-14-15-3-5-16(6-4-15)25-8-1-2-17(25)26;/h3-7,13H,1-2,8-12,14H2,(H2,20,22);1H. The van der Waals surface area contributed by atoms with Gasteiger partial charge in [0.2, 0.25) is 5.91 Å². The number of amides is 1. The maximum absolute atomic E-state index is 11.8. The largest absolute Gasteiger partial charge is 0.370 e. The Balaban J connectivity index is 0.00000225. The van der Waals surface area contributed by atoms with Gasteiger partial charge in [0.1, 0.15) is 0 Å². The first kappa shape index (κ1) is 20.8. The Labute approximate surface area is 186 Å². The fourth-order valence-electron chi connectivity index (χ4n) is 3.47. The number of nitrogens with zero attached hydrogens (tertiary/aromatic N) is 5. The van der Waals surface area contributed by atoms with Crippen molar-refractivity contribution in [2.45, 2.75) is 19.4 Å². The van der Waals surface area contributed by atoms with E-state index in [0.717, 1.165) is 55.5 Å². The number of hydrogen-bond acceptors (Lipinski definition) is 5. The number of carbonyl (C=O) groups excluding carboxylic acids is 1. The van der Waals surface area contributed by atoms with Gasteiger partial charge in [-0.15, -0.1) is 35.3 Å². The molecular formula is C19H25IN6OS. The molecule has 2 fully saturated rings. The van der Waals surface area contributed by atoms with Crippen LogP contribution in [0.1, 0.15) is 18.4 Å². The van der Waals surface area contributed by atoms with Crippen molar-refractivity contribution >= 4 is 58.0 Å². The lowest BCUT2D eigenvalue weighted by atomic mass is 10.2. The Kier molecular flexibility index (Phi) is 7.11. The molecule has 1 amide bonds. The van der Waals surface area contributed by atoms with Crippen LogP contribution in [0.3, 0.4) is 0 Å². The first-order chi connectivity index (χ1) is 13.2. The van der Waals surface area contributed by atoms with Gasteiger partial charge in [-0.3, -0.25) is 4.79 Å². The first-order valence-corrected chi connectivity index (χ1v) is 10.2. The molecule has 2 aromatic rings. The Morgan fingerprint density at radius 3 is 2.50 bits per heavy atom. The van der Waals surface area contributed by atoms with E-state index in [2.05, 4.69) is 19.8 Å². The van der Waals surface area contributed by atoms with Gasteiger partial charge in [0.15, 0.2) is 11.1 Å². The second-order valence-electron chi connectivity index (χ2n) is 6.78. The summed E-state index contributed by atoms with van der Waals surface area (Å²) in [6, 6.07) is 8.05. The maximum Gasteiger partial charge on any atom is 0.227 e. The number of hydrogen-bond donors (Lipinski definition) is 1. The summed E-state index contributed by atoms with van der Waals surface area (Å²) in [6.07, 6.45) is 3.43. The predicted molar refractivity (Wildman–Crippen MR) is 125 cm³/mol. The molecule has 1 aromatic carbocycles. The molecule has 2 aliphatic heterocycles. The van der Waals surface area contributed by atoms with Gasteiger partial charge in [-0.2, -0.15) is 0 Å². The van der Waals surface area contributed by atoms with Crippen LogP contribution in [0.5, 0.6) is 0 Å². The van der Waals surface area contributed by atoms with Crippen molar-refractivity contribution in [3.63, 3.8) is 0 Å². The summed E-state index contributed by atoms with van der Waals surface area (Å²) in [6.45, 7) is 4.88. The number of aliphatic imine (C=N–C) groups is 1. The number of benzene rings is 1. The van der Waals surface area contributed by atoms with Gasteiger partial charge in [0, 0.05) is 56.4 Å². The van der Waals surface area contributed by atoms with E-state index in [9.17, 15) is 4.79 Å². The van der Waals surface area contributed by atoms with Gasteiger partial charge < -0.3 is 20.4 Å². The highest BCUT2D eigenvalue weighted by Gasteiger charge is 2.21. The number of anilines is 2. The molecule has 0 aliphatic carbocycles. The number of thiazole rings is 1. The zero-order chi connectivity index (χ0) is 18.6. The monoisotopic (exact) mass is 512 g/mol. The third kappa shape index (κ3) is 4.75. The average Bonchev–Trinajstić information content (AvgIpc) is 3.39. The average molecular weight is 512 g/mol. The molecule has 7 nitrogen and oxygen atoms in total. The molecular weight excluding hydrogens is 487 g/mol. The molecule has 1 aromatic heterocycles. The number of aromatic nitrogens is 1. The number of piperazine rings is 1. The lowest BCUT2D eigenvalue weighted by Gasteiger charge is -2.35. The molecule has 0 radical (unpaired) electrons. The van der Waals surface area contributed by atoms with Gasteiger partial charge in [-0.05, 0) is 24.1 Å². The molecule has 2 aliphatic rings. The van der Waals surface area contributed by atoms with Crippen LogP contribution in [0.15, 0.2) is 40.8 Å². The Bertz CT molecular complexity index is 802. The predicted octanol–water partition coefficient (Wildman–Crippen LogP) is 2.52. The second kappa shape index (κ2) is 9.55. The SMILES string of the molecule is I.NC(=NCc1ccc(N2CCCC2=O)cc1)N1CCN(c2nccs2)CC1. The van der Waals surface area contributed by atoms with Gasteiger partial charge in [0.25, 0.3) is 0 Å². The highest BCUT2D eigenvalue weighted by atomic mass is 127. The summed E-state index contributed by atoms with van der Waals surface area (Å²) >= 11 is 1.67. The summed E-state index contributed by atoms with van der Waals surface area (Å²) < 4.78 is 0. The fraction of sp³-hybridized carbons (Fsp3) is 0.421. The molecule has 3 heterocycles. The van der Waals surface area contributed by atoms with Gasteiger partial charge >= 0.3 is 0 Å². The quantitative estimate of drug-likeness (QED) is 0.387. The summed E-state index contributed by atoms with van der Waals surface area (Å²) in [4.78, 5) is 27.0. The van der Waals surface area contributed by atoms with Crippen LogP contribution >= 0.6 is 35.3 Å². The third-order valence-corrected chi connectivity index (χ3v) is 5.87. The van der Waals surface area contributed by atoms with E-state index in [-0.39, 0.29) is 29.9 Å². The molecule has 0 spiro atoms. The molecule has 150 valence electrons. The van der Waals surface area contributed by atoms with E-state index in [0.29, 0.717) is 18.9 Å². The minimum atomic E-state index is 0. The first-order valence-electron chi connectivity index (χ1n) is 9.29. The normalized spacial score (nSPS) is 17.8. The minimum absolute atomic E-state index is 0. The van der Waals surface area contributed by atoms with E-state index in [1.165, 1.54) is 0 Å². The zero-order valence-electron chi connectivity index (χ0n) is 15.7. The lowest BCUT2D eigenvalue weighted by Crippen LogP contribution is -2.51. The van der Waals surface area contributed by atoms with Crippen molar-refractivity contribution in [3.8, 4) is 0 Å². The summed E-state index contributed by atoms with van der Waals surface area (Å²) in [5.41, 5.74) is 8.26. The van der Waals surface area contributed by atoms with Crippen LogP contribution in [0.25, 0.3) is 0 Å². The van der Waals surface area contributed by atoms with Crippen LogP contribution in [-0.4, -0.2) is 54.5 Å². The number of halogens is 1. The number of rotatable bonds is 4. The van der Waals surface area contributed by atoms with Crippen LogP contribution in [-0.2, 0) is 11.3 Å². The zero-order valence-corrected chi connectivity index (χ0v) is 18.8. The Morgan fingerprint density at radius 2 is 1.89 bits per heavy atom. The second-order valence-corrected chi connectivity index (χ2v) is 7.65. The third-order valence-electron chi connectivity index (χ3n) is 5.04. The fourth-order valence-corrected chi connectivity index (χ4v) is 4.17. The summed E-state index contributed by atoms with van der Waals surface area (Å²) in [7, 11) is 0. The summed E-state index contributed by atoms with van der Waals surface area (Å²) in [5.74, 6) is 0.800. The van der Waals surface area contributed by atoms with Crippen LogP contribution < -0.4 is 15.5 Å². The van der Waals surface area contributed by atoms with Crippen molar-refractivity contribution in [1.29, 1.82) is 0 Å². The minimum Gasteiger partial charge on any atom is -0.370 e. The van der Waals surface area contributed by atoms with Gasteiger partial charge in [-0.25, -0.2) is 9.98 Å². The van der Waals surface area contributed by atoms with Crippen molar-refractivity contribution in [1.82, 2.24) is 9.88 Å². The lowest BCUT2D eigenvalue weighted by molar-refractivity contribution is -0.117. The summed E-state index contributed by atoms with van der Waals surface area (Å²) in [5, 5.41) is 3.07. The Morgan fingerprint density at radius 1 is 1.14 bits per heavy atom. The van der Waals surface area contributed by atoms with Crippen LogP contribution in [0, 0.1) is 0 Å². The van der Waals surface area contributed by atoms with E-state index < -0.39 is 0 Å². The molecule has 9 heteroatoms. The van der Waals surface area contributed by atoms with Gasteiger partial charge in [-0.1, -0.05) is 12.1 Å². The number of carbonyl (C=O) groups is 1. The van der Waals surface area contributed by atoms with Gasteiger partial charge in [0.05, 0.1) is 6.54 Å². The number of guanidine groups is 1. The van der Waals surface area contributed by atoms with E-state index in [4.69, 9.17) is 5.73 Å². The molecule has 2 saturated heterocycles. The van der Waals surface area contributed by atoms with Crippen molar-refractivity contribution in [2.24, 2.45) is 10.7 Å². The maximum atomic E-state index is 11.8. The van der Waals surface area contributed by atoms with Crippen molar-refractivity contribution < 1.29 is 4.79 Å². The Hall–Kier alpha value is -1.88. The highest BCUT2D eigenvalue weighted by molar-refractivity contribution is 14.0. The molecule has 2 N–H and O–H groups in total. The van der Waals surface area contributed by atoms with Crippen LogP contribution in [0.2, 0.25) is 0 Å². The molecule has 28 heavy (non-hydrogen) atoms. The molecule has 0 saturated carbocycles. The molecule has 0 bridgehead atoms. The van der Waals surface area contributed by atoms with Crippen molar-refractivity contribution in [3.05, 3.63) is 41.4 Å². The van der Waals surface area contributed by atoms with E-state index >= 15 is 0 Å².